The third-order valence-corrected chi connectivity index (χ3v) is 7.39. The summed E-state index contributed by atoms with van der Waals surface area (Å²) in [5.41, 5.74) is 6.22. The van der Waals surface area contributed by atoms with Crippen molar-refractivity contribution in [2.45, 2.75) is 45.3 Å². The molecule has 8 heteroatoms. The molecule has 1 aliphatic carbocycles. The Labute approximate surface area is 223 Å². The number of carbonyl (C=O) groups is 1. The van der Waals surface area contributed by atoms with Crippen molar-refractivity contribution in [3.63, 3.8) is 0 Å². The maximum absolute atomic E-state index is 12.7. The molecule has 1 saturated heterocycles. The molecule has 1 aromatic carbocycles. The van der Waals surface area contributed by atoms with E-state index in [1.165, 1.54) is 11.1 Å². The number of aromatic nitrogens is 3. The lowest BCUT2D eigenvalue weighted by atomic mass is 9.87. The van der Waals surface area contributed by atoms with Gasteiger partial charge in [0.15, 0.2) is 0 Å². The lowest BCUT2D eigenvalue weighted by Crippen LogP contribution is -2.51. The third kappa shape index (κ3) is 5.15. The van der Waals surface area contributed by atoms with Crippen LogP contribution in [-0.4, -0.2) is 62.2 Å². The van der Waals surface area contributed by atoms with Crippen LogP contribution in [0.2, 0.25) is 5.02 Å². The van der Waals surface area contributed by atoms with Crippen molar-refractivity contribution < 1.29 is 9.53 Å². The summed E-state index contributed by atoms with van der Waals surface area (Å²) in [6, 6.07) is 10.2. The predicted octanol–water partition coefficient (Wildman–Crippen LogP) is 5.77. The van der Waals surface area contributed by atoms with Gasteiger partial charge in [0.2, 0.25) is 0 Å². The predicted molar refractivity (Wildman–Crippen MR) is 146 cm³/mol. The molecule has 37 heavy (non-hydrogen) atoms. The first-order valence-electron chi connectivity index (χ1n) is 12.8. The minimum Gasteiger partial charge on any atom is -0.444 e. The van der Waals surface area contributed by atoms with E-state index in [2.05, 4.69) is 45.6 Å². The average molecular weight is 520 g/mol. The number of nitrogens with zero attached hydrogens (tertiary/aromatic N) is 5. The van der Waals surface area contributed by atoms with Crippen molar-refractivity contribution in [1.82, 2.24) is 24.3 Å². The summed E-state index contributed by atoms with van der Waals surface area (Å²) in [7, 11) is 2.03. The van der Waals surface area contributed by atoms with Crippen molar-refractivity contribution >= 4 is 29.3 Å². The summed E-state index contributed by atoms with van der Waals surface area (Å²) in [5.74, 6) is 0.0977. The third-order valence-electron chi connectivity index (χ3n) is 7.16. The van der Waals surface area contributed by atoms with E-state index in [0.29, 0.717) is 31.2 Å². The van der Waals surface area contributed by atoms with Gasteiger partial charge in [0.25, 0.3) is 0 Å². The minimum absolute atomic E-state index is 0.0586. The van der Waals surface area contributed by atoms with Crippen LogP contribution in [0.4, 0.5) is 4.79 Å². The van der Waals surface area contributed by atoms with Gasteiger partial charge < -0.3 is 14.2 Å². The number of benzene rings is 1. The standard InChI is InChI=1S/C29H34ClN5O2/c1-19(25-17-31-18-33(25)5)23-15-20-7-6-10-32-26(20)27(22-9-8-21(30)16-24(22)23)34-11-13-35(14-12-34)28(36)37-29(2,3)4/h6-10,15-19,27H,11-14H2,1-5H3. The average Bonchev–Trinajstić information content (AvgIpc) is 3.23. The number of allylic oxidation sites excluding steroid dienone is 1. The number of imidazole rings is 1. The smallest absolute Gasteiger partial charge is 0.410 e. The van der Waals surface area contributed by atoms with E-state index in [1.54, 1.807) is 4.90 Å². The fraction of sp³-hybridized carbons (Fsp3) is 0.414. The van der Waals surface area contributed by atoms with Crippen LogP contribution >= 0.6 is 11.6 Å². The molecule has 1 aliphatic heterocycles. The highest BCUT2D eigenvalue weighted by Crippen LogP contribution is 2.44. The number of fused-ring (bicyclic) bond motifs is 2. The second-order valence-electron chi connectivity index (χ2n) is 10.9. The number of aryl methyl sites for hydroxylation is 1. The Hall–Kier alpha value is -3.16. The number of carbonyl (C=O) groups excluding carboxylic acids is 1. The van der Waals surface area contributed by atoms with E-state index < -0.39 is 5.60 Å². The van der Waals surface area contributed by atoms with Crippen LogP contribution in [0.25, 0.3) is 11.6 Å². The van der Waals surface area contributed by atoms with Crippen LogP contribution in [0.15, 0.2) is 49.1 Å². The summed E-state index contributed by atoms with van der Waals surface area (Å²) in [5, 5.41) is 0.703. The van der Waals surface area contributed by atoms with Crippen LogP contribution in [0, 0.1) is 0 Å². The molecule has 3 heterocycles. The summed E-state index contributed by atoms with van der Waals surface area (Å²) < 4.78 is 7.68. The van der Waals surface area contributed by atoms with E-state index in [0.717, 1.165) is 22.5 Å². The Morgan fingerprint density at radius 2 is 1.92 bits per heavy atom. The van der Waals surface area contributed by atoms with Gasteiger partial charge in [0.1, 0.15) is 5.60 Å². The van der Waals surface area contributed by atoms with Gasteiger partial charge in [-0.25, -0.2) is 9.78 Å². The van der Waals surface area contributed by atoms with Crippen molar-refractivity contribution in [2.75, 3.05) is 26.2 Å². The van der Waals surface area contributed by atoms with Gasteiger partial charge in [-0.1, -0.05) is 30.7 Å². The van der Waals surface area contributed by atoms with Crippen LogP contribution in [0.3, 0.4) is 0 Å². The molecule has 194 valence electrons. The van der Waals surface area contributed by atoms with E-state index in [9.17, 15) is 4.79 Å². The van der Waals surface area contributed by atoms with Gasteiger partial charge in [-0.3, -0.25) is 9.88 Å². The summed E-state index contributed by atoms with van der Waals surface area (Å²) in [6.07, 6.45) is 7.63. The molecule has 0 spiro atoms. The number of pyridine rings is 1. The van der Waals surface area contributed by atoms with Gasteiger partial charge in [-0.15, -0.1) is 0 Å². The van der Waals surface area contributed by atoms with Crippen molar-refractivity contribution in [3.05, 3.63) is 82.2 Å². The molecule has 2 aliphatic rings. The summed E-state index contributed by atoms with van der Waals surface area (Å²) >= 11 is 6.58. The molecule has 3 aromatic rings. The Bertz CT molecular complexity index is 1330. The topological polar surface area (TPSA) is 63.5 Å². The molecular weight excluding hydrogens is 486 g/mol. The van der Waals surface area contributed by atoms with Crippen molar-refractivity contribution in [1.29, 1.82) is 0 Å². The van der Waals surface area contributed by atoms with Crippen molar-refractivity contribution in [2.24, 2.45) is 7.05 Å². The molecule has 5 rings (SSSR count). The zero-order valence-corrected chi connectivity index (χ0v) is 22.9. The fourth-order valence-corrected chi connectivity index (χ4v) is 5.52. The van der Waals surface area contributed by atoms with E-state index >= 15 is 0 Å². The van der Waals surface area contributed by atoms with Crippen LogP contribution < -0.4 is 0 Å². The summed E-state index contributed by atoms with van der Waals surface area (Å²) in [4.78, 5) is 26.2. The van der Waals surface area contributed by atoms with Gasteiger partial charge in [-0.05, 0) is 67.3 Å². The van der Waals surface area contributed by atoms with E-state index in [1.807, 2.05) is 58.7 Å². The van der Waals surface area contributed by atoms with E-state index in [-0.39, 0.29) is 18.1 Å². The second-order valence-corrected chi connectivity index (χ2v) is 11.3. The highest BCUT2D eigenvalue weighted by Gasteiger charge is 2.35. The Morgan fingerprint density at radius 1 is 1.16 bits per heavy atom. The number of ether oxygens (including phenoxy) is 1. The highest BCUT2D eigenvalue weighted by molar-refractivity contribution is 6.30. The zero-order valence-electron chi connectivity index (χ0n) is 22.1. The zero-order chi connectivity index (χ0) is 26.3. The van der Waals surface area contributed by atoms with Gasteiger partial charge in [0.05, 0.1) is 18.1 Å². The quantitative estimate of drug-likeness (QED) is 0.439. The molecule has 0 saturated carbocycles. The lowest BCUT2D eigenvalue weighted by Gasteiger charge is -2.40. The lowest BCUT2D eigenvalue weighted by molar-refractivity contribution is 0.0118. The van der Waals surface area contributed by atoms with Gasteiger partial charge in [0, 0.05) is 62.3 Å². The first kappa shape index (κ1) is 25.5. The van der Waals surface area contributed by atoms with E-state index in [4.69, 9.17) is 21.3 Å². The van der Waals surface area contributed by atoms with Gasteiger partial charge in [-0.2, -0.15) is 0 Å². The number of hydrogen-bond donors (Lipinski definition) is 0. The molecule has 0 radical (unpaired) electrons. The second kappa shape index (κ2) is 9.95. The fourth-order valence-electron chi connectivity index (χ4n) is 5.35. The van der Waals surface area contributed by atoms with Crippen LogP contribution in [-0.2, 0) is 11.8 Å². The number of rotatable bonds is 3. The first-order chi connectivity index (χ1) is 17.6. The molecule has 0 N–H and O–H groups in total. The largest absolute Gasteiger partial charge is 0.444 e. The van der Waals surface area contributed by atoms with Gasteiger partial charge >= 0.3 is 6.09 Å². The number of piperazine rings is 1. The SMILES string of the molecule is CC(C1=Cc2cccnc2C(N2CCN(C(=O)OC(C)(C)C)CC2)c2ccc(Cl)cc21)c1cncn1C. The first-order valence-corrected chi connectivity index (χ1v) is 13.1. The molecule has 2 aromatic heterocycles. The summed E-state index contributed by atoms with van der Waals surface area (Å²) in [6.45, 7) is 10.5. The monoisotopic (exact) mass is 519 g/mol. The van der Waals surface area contributed by atoms with Crippen molar-refractivity contribution in [3.8, 4) is 0 Å². The number of hydrogen-bond acceptors (Lipinski definition) is 5. The Kier molecular flexibility index (Phi) is 6.86. The number of amides is 1. The Morgan fingerprint density at radius 3 is 2.59 bits per heavy atom. The van der Waals surface area contributed by atoms with Crippen LogP contribution in [0.1, 0.15) is 67.7 Å². The molecule has 2 unspecified atom stereocenters. The van der Waals surface area contributed by atoms with Crippen LogP contribution in [0.5, 0.6) is 0 Å². The molecule has 1 amide bonds. The Balaban J connectivity index is 1.53. The minimum atomic E-state index is -0.511. The normalized spacial score (nSPS) is 18.9. The molecule has 1 fully saturated rings. The molecule has 0 bridgehead atoms. The highest BCUT2D eigenvalue weighted by atomic mass is 35.5. The molecular formula is C29H34ClN5O2. The molecule has 2 atom stereocenters. The number of halogens is 1. The molecule has 7 nitrogen and oxygen atoms in total. The maximum Gasteiger partial charge on any atom is 0.410 e. The maximum atomic E-state index is 12.7.